The van der Waals surface area contributed by atoms with Crippen molar-refractivity contribution in [1.29, 1.82) is 0 Å². The van der Waals surface area contributed by atoms with Crippen LogP contribution in [0.2, 0.25) is 0 Å². The zero-order valence-electron chi connectivity index (χ0n) is 9.70. The highest BCUT2D eigenvalue weighted by molar-refractivity contribution is 7.99. The molecule has 0 fully saturated rings. The van der Waals surface area contributed by atoms with Crippen LogP contribution in [-0.2, 0) is 0 Å². The van der Waals surface area contributed by atoms with Crippen molar-refractivity contribution in [1.82, 2.24) is 0 Å². The highest BCUT2D eigenvalue weighted by atomic mass is 32.2. The van der Waals surface area contributed by atoms with E-state index in [0.717, 1.165) is 16.8 Å². The van der Waals surface area contributed by atoms with Gasteiger partial charge in [0.25, 0.3) is 0 Å². The van der Waals surface area contributed by atoms with E-state index < -0.39 is 5.44 Å². The summed E-state index contributed by atoms with van der Waals surface area (Å²) in [6.07, 6.45) is 1.59. The second kappa shape index (κ2) is 7.32. The average Bonchev–Trinajstić information content (AvgIpc) is 2.25. The molecule has 3 heteroatoms. The van der Waals surface area contributed by atoms with Crippen molar-refractivity contribution >= 4 is 11.8 Å². The SMILES string of the molecule is C=CC(O)SCC[N+](CC)(CC)CC. The van der Waals surface area contributed by atoms with Gasteiger partial charge in [0, 0.05) is 5.75 Å². The summed E-state index contributed by atoms with van der Waals surface area (Å²) in [5.41, 5.74) is -0.400. The number of quaternary nitrogens is 1. The van der Waals surface area contributed by atoms with E-state index in [2.05, 4.69) is 27.4 Å². The fourth-order valence-electron chi connectivity index (χ4n) is 1.58. The van der Waals surface area contributed by atoms with E-state index in [0.29, 0.717) is 0 Å². The summed E-state index contributed by atoms with van der Waals surface area (Å²) in [6, 6.07) is 0. The molecule has 2 nitrogen and oxygen atoms in total. The summed E-state index contributed by atoms with van der Waals surface area (Å²) in [5, 5.41) is 9.31. The maximum atomic E-state index is 9.31. The minimum Gasteiger partial charge on any atom is -0.379 e. The zero-order valence-corrected chi connectivity index (χ0v) is 10.5. The molecule has 0 saturated carbocycles. The maximum Gasteiger partial charge on any atom is 0.118 e. The number of thioether (sulfide) groups is 1. The van der Waals surface area contributed by atoms with E-state index in [4.69, 9.17) is 0 Å². The van der Waals surface area contributed by atoms with Crippen LogP contribution in [0, 0.1) is 0 Å². The quantitative estimate of drug-likeness (QED) is 0.382. The summed E-state index contributed by atoms with van der Waals surface area (Å²) in [6.45, 7) is 14.9. The smallest absolute Gasteiger partial charge is 0.118 e. The van der Waals surface area contributed by atoms with Crippen LogP contribution in [0.15, 0.2) is 12.7 Å². The second-order valence-corrected chi connectivity index (χ2v) is 4.74. The summed E-state index contributed by atoms with van der Waals surface area (Å²) in [5.74, 6) is 1.00. The summed E-state index contributed by atoms with van der Waals surface area (Å²) >= 11 is 1.57. The molecular formula is C11H24NOS+. The third kappa shape index (κ3) is 4.49. The van der Waals surface area contributed by atoms with Crippen LogP contribution in [0.25, 0.3) is 0 Å². The van der Waals surface area contributed by atoms with Crippen molar-refractivity contribution in [2.24, 2.45) is 0 Å². The van der Waals surface area contributed by atoms with Crippen molar-refractivity contribution in [3.8, 4) is 0 Å². The Balaban J connectivity index is 3.88. The highest BCUT2D eigenvalue weighted by Crippen LogP contribution is 2.13. The van der Waals surface area contributed by atoms with Crippen LogP contribution >= 0.6 is 11.8 Å². The molecule has 0 aliphatic heterocycles. The Bertz CT molecular complexity index is 149. The lowest BCUT2D eigenvalue weighted by Crippen LogP contribution is -2.49. The molecule has 0 aromatic rings. The molecule has 0 saturated heterocycles. The minimum absolute atomic E-state index is 0.400. The summed E-state index contributed by atoms with van der Waals surface area (Å²) in [4.78, 5) is 0. The van der Waals surface area contributed by atoms with Crippen LogP contribution in [0.1, 0.15) is 20.8 Å². The van der Waals surface area contributed by atoms with Gasteiger partial charge in [-0.2, -0.15) is 0 Å². The van der Waals surface area contributed by atoms with Crippen LogP contribution in [0.4, 0.5) is 0 Å². The number of aliphatic hydroxyl groups excluding tert-OH is 1. The normalized spacial score (nSPS) is 14.0. The molecular weight excluding hydrogens is 194 g/mol. The lowest BCUT2D eigenvalue weighted by Gasteiger charge is -2.35. The lowest BCUT2D eigenvalue weighted by molar-refractivity contribution is -0.920. The first-order valence-electron chi connectivity index (χ1n) is 5.41. The van der Waals surface area contributed by atoms with Gasteiger partial charge in [0.1, 0.15) is 5.44 Å². The van der Waals surface area contributed by atoms with Crippen molar-refractivity contribution in [3.05, 3.63) is 12.7 Å². The average molecular weight is 218 g/mol. The van der Waals surface area contributed by atoms with Gasteiger partial charge in [-0.05, 0) is 20.8 Å². The van der Waals surface area contributed by atoms with Gasteiger partial charge in [0.15, 0.2) is 0 Å². The second-order valence-electron chi connectivity index (χ2n) is 3.51. The molecule has 14 heavy (non-hydrogen) atoms. The van der Waals surface area contributed by atoms with Gasteiger partial charge in [-0.1, -0.05) is 12.7 Å². The van der Waals surface area contributed by atoms with E-state index in [1.54, 1.807) is 17.8 Å². The standard InChI is InChI=1S/C11H24NOS/c1-5-11(13)14-10-9-12(6-2,7-3)8-4/h5,11,13H,1,6-10H2,2-4H3/q+1. The predicted molar refractivity (Wildman–Crippen MR) is 65.4 cm³/mol. The third-order valence-corrected chi connectivity index (χ3v) is 4.02. The molecule has 0 amide bonds. The Labute approximate surface area is 92.6 Å². The number of aliphatic hydroxyl groups is 1. The van der Waals surface area contributed by atoms with Gasteiger partial charge in [0.05, 0.1) is 26.2 Å². The van der Waals surface area contributed by atoms with Gasteiger partial charge in [0.2, 0.25) is 0 Å². The topological polar surface area (TPSA) is 20.2 Å². The Hall–Kier alpha value is 0.01000. The van der Waals surface area contributed by atoms with Gasteiger partial charge in [-0.15, -0.1) is 11.8 Å². The molecule has 0 bridgehead atoms. The highest BCUT2D eigenvalue weighted by Gasteiger charge is 2.20. The molecule has 1 atom stereocenters. The van der Waals surface area contributed by atoms with Gasteiger partial charge >= 0.3 is 0 Å². The van der Waals surface area contributed by atoms with Crippen molar-refractivity contribution in [3.63, 3.8) is 0 Å². The predicted octanol–water partition coefficient (Wildman–Crippen LogP) is 2.10. The van der Waals surface area contributed by atoms with Crippen molar-refractivity contribution in [2.45, 2.75) is 26.2 Å². The zero-order chi connectivity index (χ0) is 11.0. The molecule has 0 aliphatic rings. The Morgan fingerprint density at radius 2 is 1.79 bits per heavy atom. The molecule has 0 aromatic carbocycles. The monoisotopic (exact) mass is 218 g/mol. The maximum absolute atomic E-state index is 9.31. The largest absolute Gasteiger partial charge is 0.379 e. The fourth-order valence-corrected chi connectivity index (χ4v) is 2.45. The summed E-state index contributed by atoms with van der Waals surface area (Å²) in [7, 11) is 0. The van der Waals surface area contributed by atoms with Gasteiger partial charge in [-0.25, -0.2) is 0 Å². The molecule has 0 heterocycles. The van der Waals surface area contributed by atoms with E-state index >= 15 is 0 Å². The van der Waals surface area contributed by atoms with E-state index in [9.17, 15) is 5.11 Å². The Kier molecular flexibility index (Phi) is 7.33. The number of rotatable bonds is 8. The Morgan fingerprint density at radius 3 is 2.14 bits per heavy atom. The Morgan fingerprint density at radius 1 is 1.29 bits per heavy atom. The summed E-state index contributed by atoms with van der Waals surface area (Å²) < 4.78 is 1.15. The molecule has 1 N–H and O–H groups in total. The van der Waals surface area contributed by atoms with E-state index in [-0.39, 0.29) is 0 Å². The van der Waals surface area contributed by atoms with Crippen molar-refractivity contribution < 1.29 is 9.59 Å². The van der Waals surface area contributed by atoms with E-state index in [1.807, 2.05) is 0 Å². The molecule has 0 aliphatic carbocycles. The first-order valence-corrected chi connectivity index (χ1v) is 6.46. The molecule has 84 valence electrons. The molecule has 1 unspecified atom stereocenters. The number of hydrogen-bond acceptors (Lipinski definition) is 2. The number of hydrogen-bond donors (Lipinski definition) is 1. The van der Waals surface area contributed by atoms with Crippen LogP contribution in [0.5, 0.6) is 0 Å². The molecule has 0 aromatic heterocycles. The fraction of sp³-hybridized carbons (Fsp3) is 0.818. The minimum atomic E-state index is -0.400. The van der Waals surface area contributed by atoms with E-state index in [1.165, 1.54) is 19.6 Å². The first kappa shape index (κ1) is 14.0. The van der Waals surface area contributed by atoms with Crippen LogP contribution in [-0.4, -0.2) is 47.0 Å². The molecule has 0 radical (unpaired) electrons. The van der Waals surface area contributed by atoms with Crippen molar-refractivity contribution in [2.75, 3.05) is 31.9 Å². The third-order valence-electron chi connectivity index (χ3n) is 3.07. The number of nitrogens with zero attached hydrogens (tertiary/aromatic N) is 1. The van der Waals surface area contributed by atoms with Crippen LogP contribution in [0.3, 0.4) is 0 Å². The lowest BCUT2D eigenvalue weighted by atomic mass is 10.3. The van der Waals surface area contributed by atoms with Crippen LogP contribution < -0.4 is 0 Å². The molecule has 0 rings (SSSR count). The van der Waals surface area contributed by atoms with Gasteiger partial charge < -0.3 is 9.59 Å². The first-order chi connectivity index (χ1) is 6.64. The van der Waals surface area contributed by atoms with Gasteiger partial charge in [-0.3, -0.25) is 0 Å². The molecule has 0 spiro atoms.